The van der Waals surface area contributed by atoms with E-state index in [2.05, 4.69) is 111 Å². The van der Waals surface area contributed by atoms with Crippen LogP contribution in [0.25, 0.3) is 0 Å². The first-order chi connectivity index (χ1) is 70.6. The maximum atomic E-state index is 9.55. The molecule has 7 aliphatic heterocycles. The second kappa shape index (κ2) is 75.7. The molecule has 0 bridgehead atoms. The van der Waals surface area contributed by atoms with Crippen molar-refractivity contribution in [2.24, 2.45) is 11.5 Å². The molecule has 30 nitrogen and oxygen atoms in total. The number of likely N-dealkylation sites (tertiary alicyclic amines) is 7. The summed E-state index contributed by atoms with van der Waals surface area (Å²) in [5.74, 6) is 13.1. The largest absolute Gasteiger partial charge is 0.373 e. The van der Waals surface area contributed by atoms with Crippen LogP contribution in [-0.4, -0.2) is 233 Å². The van der Waals surface area contributed by atoms with Crippen molar-refractivity contribution in [3.05, 3.63) is 157 Å². The summed E-state index contributed by atoms with van der Waals surface area (Å²) in [7, 11) is 0. The maximum absolute atomic E-state index is 9.55. The molecule has 147 heavy (non-hydrogen) atoms. The Kier molecular flexibility index (Phi) is 68.5. The van der Waals surface area contributed by atoms with Crippen LogP contribution in [0, 0.1) is 238 Å². The van der Waals surface area contributed by atoms with Gasteiger partial charge in [0.25, 0.3) is 0 Å². The minimum Gasteiger partial charge on any atom is -0.373 e. The molecule has 4 N–H and O–H groups in total. The fourth-order valence-electron chi connectivity index (χ4n) is 16.2. The van der Waals surface area contributed by atoms with E-state index in [1.54, 1.807) is 67.5 Å². The highest BCUT2D eigenvalue weighted by Gasteiger charge is 2.33. The van der Waals surface area contributed by atoms with Crippen LogP contribution in [0.15, 0.2) is 157 Å². The molecule has 7 fully saturated rings. The van der Waals surface area contributed by atoms with Crippen LogP contribution in [0.5, 0.6) is 0 Å². The Bertz CT molecular complexity index is 5930. The van der Waals surface area contributed by atoms with Gasteiger partial charge in [-0.15, -0.1) is 23.5 Å². The molecule has 7 unspecified atom stereocenters. The Morgan fingerprint density at radius 3 is 0.735 bits per heavy atom. The van der Waals surface area contributed by atoms with Gasteiger partial charge in [-0.25, -0.2) is 0 Å². The van der Waals surface area contributed by atoms with Crippen LogP contribution < -0.4 is 11.5 Å². The number of nitrogens with two attached hydrogens (primary N) is 2. The van der Waals surface area contributed by atoms with E-state index in [0.29, 0.717) is 111 Å². The van der Waals surface area contributed by atoms with Crippen molar-refractivity contribution in [2.75, 3.05) is 160 Å². The Morgan fingerprint density at radius 2 is 0.483 bits per heavy atom. The van der Waals surface area contributed by atoms with Gasteiger partial charge in [-0.3, -0.25) is 0 Å². The molecule has 0 radical (unpaired) electrons. The van der Waals surface area contributed by atoms with Crippen molar-refractivity contribution in [3.8, 4) is 127 Å². The van der Waals surface area contributed by atoms with Gasteiger partial charge < -0.3 is 45.8 Å². The Balaban J connectivity index is 0.000000860. The van der Waals surface area contributed by atoms with Crippen molar-refractivity contribution < 1.29 is 0 Å². The van der Waals surface area contributed by atoms with Crippen molar-refractivity contribution in [2.45, 2.75) is 200 Å². The van der Waals surface area contributed by atoms with Crippen LogP contribution in [0.4, 0.5) is 0 Å². The summed E-state index contributed by atoms with van der Waals surface area (Å²) in [4.78, 5) is 15.0. The van der Waals surface area contributed by atoms with E-state index >= 15 is 0 Å². The Morgan fingerprint density at radius 1 is 0.252 bits per heavy atom. The third kappa shape index (κ3) is 42.7. The van der Waals surface area contributed by atoms with Crippen LogP contribution in [0.3, 0.4) is 0 Å². The molecule has 7 atom stereocenters. The number of hydrogen-bond acceptors (Lipinski definition) is 41. The molecule has 7 rings (SSSR count). The summed E-state index contributed by atoms with van der Waals surface area (Å²) in [6, 6.07) is 40.9. The molecule has 7 aliphatic rings. The third-order valence-electron chi connectivity index (χ3n) is 24.8. The first-order valence-electron chi connectivity index (χ1n) is 47.1. The average molecular weight is 2180 g/mol. The van der Waals surface area contributed by atoms with Crippen LogP contribution in [-0.2, 0) is 0 Å². The fourth-order valence-corrected chi connectivity index (χ4v) is 26.0. The van der Waals surface area contributed by atoms with E-state index in [-0.39, 0.29) is 51.2 Å². The molecule has 0 aromatic carbocycles. The van der Waals surface area contributed by atoms with E-state index < -0.39 is 0 Å². The number of hydrogen-bond donors (Lipinski definition) is 4. The minimum absolute atomic E-state index is 0.00431. The normalized spacial score (nSPS) is 18.3. The molecule has 0 spiro atoms. The van der Waals surface area contributed by atoms with E-state index in [0.717, 1.165) is 210 Å². The topological polar surface area (TPSA) is 574 Å². The highest BCUT2D eigenvalue weighted by molar-refractivity contribution is 8.05. The molecule has 770 valence electrons. The first kappa shape index (κ1) is 133. The van der Waals surface area contributed by atoms with Crippen LogP contribution in [0.2, 0.25) is 0 Å². The predicted molar refractivity (Wildman–Crippen MR) is 606 cm³/mol. The Hall–Kier alpha value is -12.0. The standard InChI is InChI=1S/2C18H24N4S3.2C15H18N4S2.C14H16N4S.2C13H15N5/c1-14(16(10-19)11-20)18(12-21)15(2)22-5-4-17(13-22)25-9-8-24-7-6-23-3;1-14(16(11-19)12-20)17(13-21)15(2)22-6-4-5-18(22)25-10-9-24-8-7-23-3;1-11(13(7-16)8-17)15(9-18)12(2)19-4-3-14(10-19)21-6-5-20;1-11(13(8-16)9-17)14(10-18)12(2)19-5-3-4-15(19)21-7-6-20;1-10(12(6-15)7-16)14(8-17)11(2)18-5-4-13(9-18)19-3;1-9(11(5-14)6-15)13(7-16)10(2)18-4-3-12(17)8-18;1-9(11(6-14)7-15)12(8-16)10(2)18-5-3-4-13(18)17/h17H,4-9,13H2,1-3H3;18H,4-10H2,1-3H3;14,20H,3-6,10H2,1-2H3;15,20H,3-7H2,1-2H3;13H,4-5,9H2,1-3H3;12H,3-4,8,17H2,1-2H3;13H,3-5,17H2,1-2H3/b18-15+;17-15+;15-12+;14-12+;14-11+;13-10+;12-10+. The zero-order valence-corrected chi connectivity index (χ0v) is 96.3. The van der Waals surface area contributed by atoms with Gasteiger partial charge >= 0.3 is 0 Å². The summed E-state index contributed by atoms with van der Waals surface area (Å²) in [5, 5.41) is 193. The number of nitrogens with zero attached hydrogens (tertiary/aromatic N) is 28. The van der Waals surface area contributed by atoms with Gasteiger partial charge in [0.15, 0.2) is 0 Å². The van der Waals surface area contributed by atoms with Crippen LogP contribution >= 0.6 is 131 Å². The highest BCUT2D eigenvalue weighted by atomic mass is 32.2. The lowest BCUT2D eigenvalue weighted by Crippen LogP contribution is -2.35. The predicted octanol–water partition coefficient (Wildman–Crippen LogP) is 19.9. The summed E-state index contributed by atoms with van der Waals surface area (Å²) < 4.78 is 0. The molecule has 0 amide bonds. The second-order valence-electron chi connectivity index (χ2n) is 33.5. The zero-order valence-electron chi connectivity index (χ0n) is 87.1. The molecule has 0 aliphatic carbocycles. The van der Waals surface area contributed by atoms with E-state index in [4.69, 9.17) is 85.1 Å². The number of thioether (sulfide) groups is 9. The number of nitriles is 21. The fraction of sp³-hybridized carbons (Fsp3) is 0.538. The lowest BCUT2D eigenvalue weighted by atomic mass is 10.0. The van der Waals surface area contributed by atoms with Gasteiger partial charge in [-0.2, -0.15) is 218 Å². The van der Waals surface area contributed by atoms with Crippen molar-refractivity contribution in [1.29, 1.82) is 110 Å². The Labute approximate surface area is 923 Å². The zero-order chi connectivity index (χ0) is 111. The molecule has 7 heterocycles. The van der Waals surface area contributed by atoms with Gasteiger partial charge in [0, 0.05) is 191 Å². The molecule has 7 saturated heterocycles. The van der Waals surface area contributed by atoms with E-state index in [1.807, 2.05) is 230 Å². The first-order valence-corrected chi connectivity index (χ1v) is 58.9. The number of thiol groups is 2. The summed E-state index contributed by atoms with van der Waals surface area (Å²) >= 11 is 25.8. The molecule has 0 aromatic rings. The quantitative estimate of drug-likeness (QED) is 0.0198. The maximum Gasteiger partial charge on any atom is 0.133 e. The SMILES string of the molecule is CC(=C(C#N)C#N)/C(C#N)=C(\C)N1CCC(N)C1.CC(=C(C#N)C#N)/C(C#N)=C(\C)N1CCC(SCCS)C1.CC(=C(C#N)C#N)/C(C#N)=C(\C)N1CCCC1N.CC(=C(C#N)C#N)/C(C#N)=C(\C)N1CCCC1SCCS.CSC1CCN(/C(C)=C(\C#N)C(C)=C(C#N)C#N)C1.CSCCSCCSC1CCCN1/C(C)=C(\C#N)C(C)=C(C#N)C#N.CSCCSCCSC1CCN(/C(C)=C(\C#N)C(C)=C(C#N)C#N)C1. The van der Waals surface area contributed by atoms with Gasteiger partial charge in [0.1, 0.15) is 166 Å². The second-order valence-corrected chi connectivity index (χ2v) is 45.3. The molecule has 0 saturated carbocycles. The average Bonchev–Trinajstić information content (AvgIpc) is 1.76. The van der Waals surface area contributed by atoms with Gasteiger partial charge in [0.2, 0.25) is 0 Å². The third-order valence-corrected chi connectivity index (χ3v) is 36.4. The van der Waals surface area contributed by atoms with Crippen molar-refractivity contribution >= 4 is 131 Å². The van der Waals surface area contributed by atoms with Crippen LogP contribution in [0.1, 0.15) is 161 Å². The lowest BCUT2D eigenvalue weighted by Gasteiger charge is -2.28. The molecule has 41 heteroatoms. The van der Waals surface area contributed by atoms with E-state index in [1.165, 1.54) is 28.8 Å². The van der Waals surface area contributed by atoms with Gasteiger partial charge in [-0.1, -0.05) is 0 Å². The number of rotatable bonds is 35. The molecular formula is C106H130N30S11. The van der Waals surface area contributed by atoms with Gasteiger partial charge in [0.05, 0.1) is 55.9 Å². The summed E-state index contributed by atoms with van der Waals surface area (Å²) in [5.41, 5.74) is 23.8. The smallest absolute Gasteiger partial charge is 0.133 e. The minimum atomic E-state index is -0.0891. The molecule has 0 aromatic heterocycles. The van der Waals surface area contributed by atoms with Gasteiger partial charge in [-0.05, 0) is 230 Å². The van der Waals surface area contributed by atoms with Crippen molar-refractivity contribution in [1.82, 2.24) is 34.3 Å². The monoisotopic (exact) mass is 2170 g/mol. The lowest BCUT2D eigenvalue weighted by molar-refractivity contribution is 0.326. The highest BCUT2D eigenvalue weighted by Crippen LogP contribution is 2.38. The van der Waals surface area contributed by atoms with Crippen molar-refractivity contribution in [3.63, 3.8) is 0 Å². The summed E-state index contributed by atoms with van der Waals surface area (Å²) in [6.07, 6.45) is 16.7. The number of allylic oxidation sites excluding steroid dienone is 28. The molecular weight excluding hydrogens is 2050 g/mol. The van der Waals surface area contributed by atoms with E-state index in [9.17, 15) is 36.8 Å². The summed E-state index contributed by atoms with van der Waals surface area (Å²) in [6.45, 7) is 34.4.